The van der Waals surface area contributed by atoms with E-state index in [0.29, 0.717) is 6.42 Å². The maximum Gasteiger partial charge on any atom is 0.341 e. The van der Waals surface area contributed by atoms with E-state index >= 15 is 0 Å². The van der Waals surface area contributed by atoms with Gasteiger partial charge in [0.1, 0.15) is 11.6 Å². The van der Waals surface area contributed by atoms with Crippen LogP contribution in [-0.4, -0.2) is 48.0 Å². The second kappa shape index (κ2) is 10.0. The minimum atomic E-state index is -2.76. The van der Waals surface area contributed by atoms with E-state index in [4.69, 9.17) is 9.47 Å². The Morgan fingerprint density at radius 1 is 1.29 bits per heavy atom. The van der Waals surface area contributed by atoms with Gasteiger partial charge < -0.3 is 20.1 Å². The molecule has 2 rings (SSSR count). The lowest BCUT2D eigenvalue weighted by Gasteiger charge is -2.28. The van der Waals surface area contributed by atoms with Crippen LogP contribution in [0.25, 0.3) is 0 Å². The van der Waals surface area contributed by atoms with E-state index in [1.54, 1.807) is 13.8 Å². The van der Waals surface area contributed by atoms with Crippen LogP contribution in [0.3, 0.4) is 0 Å². The van der Waals surface area contributed by atoms with Gasteiger partial charge in [0.25, 0.3) is 5.76 Å². The molecule has 28 heavy (non-hydrogen) atoms. The molecule has 0 spiro atoms. The summed E-state index contributed by atoms with van der Waals surface area (Å²) in [6, 6.07) is 1.55. The van der Waals surface area contributed by atoms with E-state index in [-0.39, 0.29) is 40.2 Å². The van der Waals surface area contributed by atoms with E-state index in [9.17, 15) is 23.2 Å². The number of carbonyl (C=O) groups excluding carboxylic acids is 3. The fourth-order valence-electron chi connectivity index (χ4n) is 2.52. The minimum Gasteiger partial charge on any atom is -0.463 e. The van der Waals surface area contributed by atoms with Crippen LogP contribution >= 0.6 is 11.8 Å². The maximum absolute atomic E-state index is 12.6. The largest absolute Gasteiger partial charge is 0.463 e. The first kappa shape index (κ1) is 21.6. The van der Waals surface area contributed by atoms with Gasteiger partial charge in [0.15, 0.2) is 0 Å². The number of hydrogen-bond acceptors (Lipinski definition) is 7. The van der Waals surface area contributed by atoms with E-state index in [1.807, 2.05) is 0 Å². The number of alkyl halides is 2. The lowest BCUT2D eigenvalue weighted by molar-refractivity contribution is -0.139. The highest BCUT2D eigenvalue weighted by molar-refractivity contribution is 7.99. The summed E-state index contributed by atoms with van der Waals surface area (Å²) in [6.07, 6.45) is 1.69. The summed E-state index contributed by atoms with van der Waals surface area (Å²) < 4.78 is 35.4. The molecule has 2 N–H and O–H groups in total. The molecule has 0 radical (unpaired) electrons. The summed E-state index contributed by atoms with van der Waals surface area (Å²) in [5.74, 6) is -4.32. The molecule has 1 aliphatic heterocycles. The number of ether oxygens (including phenoxy) is 2. The summed E-state index contributed by atoms with van der Waals surface area (Å²) in [6.45, 7) is 3.09. The molecule has 0 fully saturated rings. The highest BCUT2D eigenvalue weighted by Crippen LogP contribution is 2.27. The topological polar surface area (TPSA) is 107 Å². The Balaban J connectivity index is 2.23. The highest BCUT2D eigenvalue weighted by atomic mass is 32.2. The van der Waals surface area contributed by atoms with E-state index in [1.165, 1.54) is 18.3 Å². The van der Waals surface area contributed by atoms with Crippen LogP contribution in [0.4, 0.5) is 13.6 Å². The molecule has 1 aromatic heterocycles. The third-order valence-electron chi connectivity index (χ3n) is 3.69. The number of thioether (sulfide) groups is 1. The van der Waals surface area contributed by atoms with Crippen molar-refractivity contribution in [2.75, 3.05) is 13.2 Å². The number of esters is 2. The Morgan fingerprint density at radius 2 is 2.04 bits per heavy atom. The van der Waals surface area contributed by atoms with Gasteiger partial charge in [0.05, 0.1) is 29.5 Å². The van der Waals surface area contributed by atoms with Crippen molar-refractivity contribution >= 4 is 29.7 Å². The molecule has 0 saturated carbocycles. The zero-order chi connectivity index (χ0) is 20.7. The van der Waals surface area contributed by atoms with Gasteiger partial charge in [-0.05, 0) is 37.2 Å². The molecule has 8 nitrogen and oxygen atoms in total. The molecule has 0 saturated heterocycles. The fourth-order valence-corrected chi connectivity index (χ4v) is 3.08. The molecule has 2 heterocycles. The number of hydrogen-bond donors (Lipinski definition) is 2. The quantitative estimate of drug-likeness (QED) is 0.496. The molecule has 1 atom stereocenters. The second-order valence-electron chi connectivity index (χ2n) is 5.48. The number of pyridine rings is 1. The Labute approximate surface area is 164 Å². The maximum atomic E-state index is 12.6. The number of nitrogens with zero attached hydrogens (tertiary/aromatic N) is 1. The molecule has 152 valence electrons. The summed E-state index contributed by atoms with van der Waals surface area (Å²) in [4.78, 5) is 40.2. The van der Waals surface area contributed by atoms with Crippen LogP contribution in [0.5, 0.6) is 0 Å². The van der Waals surface area contributed by atoms with Crippen molar-refractivity contribution in [3.8, 4) is 0 Å². The van der Waals surface area contributed by atoms with Crippen LogP contribution in [-0.2, 0) is 14.3 Å². The van der Waals surface area contributed by atoms with Crippen molar-refractivity contribution in [1.82, 2.24) is 15.6 Å². The van der Waals surface area contributed by atoms with Gasteiger partial charge >= 0.3 is 18.0 Å². The van der Waals surface area contributed by atoms with Gasteiger partial charge in [-0.15, -0.1) is 0 Å². The number of halogens is 2. The average molecular weight is 415 g/mol. The van der Waals surface area contributed by atoms with Gasteiger partial charge in [-0.2, -0.15) is 8.78 Å². The first-order valence-electron chi connectivity index (χ1n) is 8.41. The molecular formula is C17H19F2N3O5S. The van der Waals surface area contributed by atoms with Gasteiger partial charge in [0.2, 0.25) is 0 Å². The van der Waals surface area contributed by atoms with E-state index in [2.05, 4.69) is 15.6 Å². The van der Waals surface area contributed by atoms with Crippen molar-refractivity contribution in [2.45, 2.75) is 37.1 Å². The van der Waals surface area contributed by atoms with Crippen LogP contribution in [0.15, 0.2) is 34.6 Å². The third-order valence-corrected chi connectivity index (χ3v) is 4.41. The summed E-state index contributed by atoms with van der Waals surface area (Å²) in [7, 11) is 0. The molecule has 0 aromatic carbocycles. The minimum absolute atomic E-state index is 0.0781. The van der Waals surface area contributed by atoms with Crippen molar-refractivity contribution in [3.63, 3.8) is 0 Å². The summed E-state index contributed by atoms with van der Waals surface area (Å²) in [5.41, 5.74) is 0.0813. The van der Waals surface area contributed by atoms with Crippen LogP contribution in [0, 0.1) is 0 Å². The highest BCUT2D eigenvalue weighted by Gasteiger charge is 2.32. The molecule has 0 bridgehead atoms. The number of amides is 2. The standard InChI is InChI=1S/C17H19F2N3O5S/c1-3-10-12(15(24)26-4-2)11(22-17(25)21-10)8-27-14(23)9-6-5-7-20-13(9)28-16(18)19/h5-7,10,16H,3-4,8H2,1-2H3,(H2,21,22,25). The van der Waals surface area contributed by atoms with Crippen molar-refractivity contribution in [2.24, 2.45) is 0 Å². The van der Waals surface area contributed by atoms with Crippen molar-refractivity contribution in [1.29, 1.82) is 0 Å². The molecule has 1 aromatic rings. The van der Waals surface area contributed by atoms with E-state index in [0.717, 1.165) is 0 Å². The first-order valence-corrected chi connectivity index (χ1v) is 9.29. The third kappa shape index (κ3) is 5.41. The first-order chi connectivity index (χ1) is 13.4. The number of carbonyl (C=O) groups is 3. The molecular weight excluding hydrogens is 396 g/mol. The molecule has 0 aliphatic carbocycles. The Kier molecular flexibility index (Phi) is 7.73. The molecule has 1 aliphatic rings. The zero-order valence-corrected chi connectivity index (χ0v) is 16.0. The number of rotatable bonds is 8. The smallest absolute Gasteiger partial charge is 0.341 e. The number of nitrogens with one attached hydrogen (secondary N) is 2. The predicted molar refractivity (Wildman–Crippen MR) is 95.8 cm³/mol. The van der Waals surface area contributed by atoms with Gasteiger partial charge in [-0.1, -0.05) is 6.92 Å². The second-order valence-corrected chi connectivity index (χ2v) is 6.46. The van der Waals surface area contributed by atoms with Gasteiger partial charge in [-0.3, -0.25) is 0 Å². The number of urea groups is 1. The SMILES string of the molecule is CCOC(=O)C1=C(COC(=O)c2cccnc2SC(F)F)NC(=O)NC1CC. The zero-order valence-electron chi connectivity index (χ0n) is 15.2. The average Bonchev–Trinajstić information content (AvgIpc) is 2.65. The molecule has 11 heteroatoms. The monoisotopic (exact) mass is 415 g/mol. The summed E-state index contributed by atoms with van der Waals surface area (Å²) in [5, 5.41) is 4.85. The van der Waals surface area contributed by atoms with Crippen LogP contribution < -0.4 is 10.6 Å². The summed E-state index contributed by atoms with van der Waals surface area (Å²) >= 11 is 0.120. The van der Waals surface area contributed by atoms with Crippen molar-refractivity contribution < 1.29 is 32.6 Å². The van der Waals surface area contributed by atoms with Crippen LogP contribution in [0.2, 0.25) is 0 Å². The van der Waals surface area contributed by atoms with Crippen LogP contribution in [0.1, 0.15) is 30.6 Å². The molecule has 1 unspecified atom stereocenters. The predicted octanol–water partition coefficient (Wildman–Crippen LogP) is 2.46. The number of aromatic nitrogens is 1. The lowest BCUT2D eigenvalue weighted by atomic mass is 10.0. The van der Waals surface area contributed by atoms with E-state index < -0.39 is 36.4 Å². The van der Waals surface area contributed by atoms with Crippen molar-refractivity contribution in [3.05, 3.63) is 35.2 Å². The fraction of sp³-hybridized carbons (Fsp3) is 0.412. The Morgan fingerprint density at radius 3 is 2.68 bits per heavy atom. The normalized spacial score (nSPS) is 16.5. The van der Waals surface area contributed by atoms with Gasteiger partial charge in [-0.25, -0.2) is 19.4 Å². The van der Waals surface area contributed by atoms with Gasteiger partial charge in [0, 0.05) is 6.20 Å². The molecule has 2 amide bonds. The Hall–Kier alpha value is -2.69. The lowest BCUT2D eigenvalue weighted by Crippen LogP contribution is -2.51. The Bertz CT molecular complexity index is 788.